The lowest BCUT2D eigenvalue weighted by Crippen LogP contribution is -2.20. The summed E-state index contributed by atoms with van der Waals surface area (Å²) in [6.07, 6.45) is 15.7. The molecule has 0 saturated heterocycles. The van der Waals surface area contributed by atoms with Crippen molar-refractivity contribution in [2.45, 2.75) is 20.3 Å². The number of hydrogen-bond donors (Lipinski definition) is 2. The molecule has 30 heavy (non-hydrogen) atoms. The second-order valence-corrected chi connectivity index (χ2v) is 6.81. The average Bonchev–Trinajstić information content (AvgIpc) is 3.21. The van der Waals surface area contributed by atoms with Gasteiger partial charge in [-0.1, -0.05) is 55.5 Å². The van der Waals surface area contributed by atoms with Gasteiger partial charge in [-0.25, -0.2) is 9.67 Å². The van der Waals surface area contributed by atoms with Crippen molar-refractivity contribution in [1.82, 2.24) is 15.1 Å². The van der Waals surface area contributed by atoms with Crippen LogP contribution in [0.3, 0.4) is 0 Å². The van der Waals surface area contributed by atoms with Crippen LogP contribution in [0.2, 0.25) is 0 Å². The number of nitrogens with zero attached hydrogens (tertiary/aromatic N) is 3. The van der Waals surface area contributed by atoms with Crippen LogP contribution in [0.4, 0.5) is 0 Å². The summed E-state index contributed by atoms with van der Waals surface area (Å²) in [7, 11) is 0. The number of aryl methyl sites for hydroxylation is 1. The van der Waals surface area contributed by atoms with Gasteiger partial charge in [-0.15, -0.1) is 6.58 Å². The fourth-order valence-electron chi connectivity index (χ4n) is 2.76. The second kappa shape index (κ2) is 13.0. The third-order valence-corrected chi connectivity index (χ3v) is 4.46. The molecule has 1 aromatic heterocycles. The van der Waals surface area contributed by atoms with Crippen LogP contribution in [0.5, 0.6) is 0 Å². The first-order valence-corrected chi connectivity index (χ1v) is 10.2. The van der Waals surface area contributed by atoms with Gasteiger partial charge >= 0.3 is 0 Å². The van der Waals surface area contributed by atoms with Crippen molar-refractivity contribution in [2.75, 3.05) is 13.1 Å². The fraction of sp³-hybridized carbons (Fsp3) is 0.240. The molecule has 0 spiro atoms. The van der Waals surface area contributed by atoms with Crippen molar-refractivity contribution < 1.29 is 0 Å². The number of benzene rings is 1. The maximum atomic E-state index is 7.89. The summed E-state index contributed by atoms with van der Waals surface area (Å²) >= 11 is 0. The molecule has 0 fully saturated rings. The van der Waals surface area contributed by atoms with Crippen LogP contribution >= 0.6 is 0 Å². The molecule has 2 N–H and O–H groups in total. The second-order valence-electron chi connectivity index (χ2n) is 6.81. The lowest BCUT2D eigenvalue weighted by molar-refractivity contribution is 0.578. The molecule has 1 unspecified atom stereocenters. The number of allylic oxidation sites excluding steroid dienone is 4. The Morgan fingerprint density at radius 3 is 2.73 bits per heavy atom. The predicted octanol–water partition coefficient (Wildman–Crippen LogP) is 5.15. The average molecular weight is 402 g/mol. The van der Waals surface area contributed by atoms with E-state index >= 15 is 0 Å². The van der Waals surface area contributed by atoms with Gasteiger partial charge in [0.15, 0.2) is 5.82 Å². The predicted molar refractivity (Wildman–Crippen MR) is 129 cm³/mol. The molecule has 1 atom stereocenters. The zero-order chi connectivity index (χ0) is 21.6. The maximum absolute atomic E-state index is 7.89. The van der Waals surface area contributed by atoms with Gasteiger partial charge in [0.1, 0.15) is 0 Å². The van der Waals surface area contributed by atoms with Gasteiger partial charge in [0.05, 0.1) is 5.69 Å². The van der Waals surface area contributed by atoms with Gasteiger partial charge in [-0.2, -0.15) is 5.10 Å². The van der Waals surface area contributed by atoms with E-state index in [4.69, 9.17) is 5.41 Å². The Kier molecular flexibility index (Phi) is 9.97. The molecular formula is C25H31N5. The first-order chi connectivity index (χ1) is 14.7. The molecule has 1 aromatic carbocycles. The first-order valence-electron chi connectivity index (χ1n) is 10.2. The Balaban J connectivity index is 2.22. The third-order valence-electron chi connectivity index (χ3n) is 4.46. The molecule has 2 rings (SSSR count). The van der Waals surface area contributed by atoms with Crippen molar-refractivity contribution >= 4 is 24.3 Å². The highest BCUT2D eigenvalue weighted by molar-refractivity contribution is 5.91. The summed E-state index contributed by atoms with van der Waals surface area (Å²) in [4.78, 5) is 4.60. The van der Waals surface area contributed by atoms with Crippen molar-refractivity contribution in [3.05, 3.63) is 90.3 Å². The smallest absolute Gasteiger partial charge is 0.162 e. The number of rotatable bonds is 12. The number of aliphatic imine (C=N–C) groups is 1. The Bertz CT molecular complexity index is 916. The van der Waals surface area contributed by atoms with Crippen LogP contribution in [0.25, 0.3) is 11.9 Å². The molecular weight excluding hydrogens is 370 g/mol. The topological polar surface area (TPSA) is 66.1 Å². The molecule has 0 aliphatic rings. The largest absolute Gasteiger partial charge is 0.316 e. The minimum atomic E-state index is 0.393. The quantitative estimate of drug-likeness (QED) is 0.293. The summed E-state index contributed by atoms with van der Waals surface area (Å²) in [5.74, 6) is 0.993. The third kappa shape index (κ3) is 7.60. The van der Waals surface area contributed by atoms with Crippen LogP contribution in [-0.4, -0.2) is 35.3 Å². The highest BCUT2D eigenvalue weighted by Gasteiger charge is 2.05. The van der Waals surface area contributed by atoms with Gasteiger partial charge < -0.3 is 10.7 Å². The summed E-state index contributed by atoms with van der Waals surface area (Å²) in [6.45, 7) is 9.81. The SMILES string of the molecule is C=CC(C/C=C/C=N/C(=C(C=N)\C=C\c1ccccc1)n1ccc(C)n1)CNCC. The van der Waals surface area contributed by atoms with Crippen LogP contribution in [0.15, 0.2) is 84.0 Å². The molecule has 0 radical (unpaired) electrons. The normalized spacial score (nSPS) is 13.8. The molecule has 156 valence electrons. The van der Waals surface area contributed by atoms with Crippen LogP contribution in [-0.2, 0) is 0 Å². The maximum Gasteiger partial charge on any atom is 0.162 e. The lowest BCUT2D eigenvalue weighted by Gasteiger charge is -2.09. The Morgan fingerprint density at radius 1 is 1.30 bits per heavy atom. The lowest BCUT2D eigenvalue weighted by atomic mass is 10.1. The fourth-order valence-corrected chi connectivity index (χ4v) is 2.76. The van der Waals surface area contributed by atoms with Crippen molar-refractivity contribution in [1.29, 1.82) is 5.41 Å². The zero-order valence-electron chi connectivity index (χ0n) is 17.8. The minimum absolute atomic E-state index is 0.393. The van der Waals surface area contributed by atoms with E-state index in [2.05, 4.69) is 35.0 Å². The van der Waals surface area contributed by atoms with Gasteiger partial charge in [0, 0.05) is 30.7 Å². The van der Waals surface area contributed by atoms with Gasteiger partial charge in [0.2, 0.25) is 0 Å². The Hall–Kier alpha value is -3.31. The number of hydrogen-bond acceptors (Lipinski definition) is 4. The molecule has 0 saturated carbocycles. The Labute approximate surface area is 179 Å². The van der Waals surface area contributed by atoms with E-state index in [-0.39, 0.29) is 0 Å². The van der Waals surface area contributed by atoms with Gasteiger partial charge in [-0.3, -0.25) is 0 Å². The minimum Gasteiger partial charge on any atom is -0.316 e. The van der Waals surface area contributed by atoms with E-state index in [1.165, 1.54) is 6.21 Å². The van der Waals surface area contributed by atoms with Crippen molar-refractivity contribution in [3.63, 3.8) is 0 Å². The van der Waals surface area contributed by atoms with Crippen LogP contribution < -0.4 is 5.32 Å². The van der Waals surface area contributed by atoms with Gasteiger partial charge in [-0.05, 0) is 49.6 Å². The number of aromatic nitrogens is 2. The molecule has 2 aromatic rings. The molecule has 0 bridgehead atoms. The van der Waals surface area contributed by atoms with Gasteiger partial charge in [0.25, 0.3) is 0 Å². The van der Waals surface area contributed by atoms with E-state index in [1.54, 1.807) is 10.9 Å². The summed E-state index contributed by atoms with van der Waals surface area (Å²) in [6, 6.07) is 11.9. The first kappa shape index (κ1) is 23.0. The number of nitrogens with one attached hydrogen (secondary N) is 2. The molecule has 0 aliphatic carbocycles. The van der Waals surface area contributed by atoms with E-state index in [0.29, 0.717) is 17.3 Å². The molecule has 5 nitrogen and oxygen atoms in total. The summed E-state index contributed by atoms with van der Waals surface area (Å²) in [5.41, 5.74) is 2.63. The summed E-state index contributed by atoms with van der Waals surface area (Å²) in [5, 5.41) is 15.7. The molecule has 0 amide bonds. The highest BCUT2D eigenvalue weighted by atomic mass is 15.3. The van der Waals surface area contributed by atoms with Crippen molar-refractivity contribution in [3.8, 4) is 0 Å². The Morgan fingerprint density at radius 2 is 2.10 bits per heavy atom. The molecule has 5 heteroatoms. The zero-order valence-corrected chi connectivity index (χ0v) is 17.8. The summed E-state index contributed by atoms with van der Waals surface area (Å²) < 4.78 is 1.70. The van der Waals surface area contributed by atoms with E-state index < -0.39 is 0 Å². The standard InChI is InChI=1S/C25H31N5/c1-4-22(20-27-5-2)11-9-10-17-28-25(30-18-16-21(3)29-30)24(19-26)15-14-23-12-7-6-8-13-23/h4,6-10,12-19,22,26-27H,1,5,11,20H2,2-3H3/b10-9+,15-14+,25-24-,26-19?,28-17+. The van der Waals surface area contributed by atoms with E-state index in [9.17, 15) is 0 Å². The van der Waals surface area contributed by atoms with Crippen LogP contribution in [0.1, 0.15) is 24.6 Å². The van der Waals surface area contributed by atoms with Crippen molar-refractivity contribution in [2.24, 2.45) is 10.9 Å². The van der Waals surface area contributed by atoms with Crippen LogP contribution in [0, 0.1) is 18.3 Å². The van der Waals surface area contributed by atoms with E-state index in [1.807, 2.05) is 73.8 Å². The highest BCUT2D eigenvalue weighted by Crippen LogP contribution is 2.14. The monoisotopic (exact) mass is 401 g/mol. The molecule has 1 heterocycles. The molecule has 0 aliphatic heterocycles. The van der Waals surface area contributed by atoms with E-state index in [0.717, 1.165) is 30.8 Å².